The second-order valence-electron chi connectivity index (χ2n) is 7.30. The molecule has 1 atom stereocenters. The van der Waals surface area contributed by atoms with Gasteiger partial charge in [0.15, 0.2) is 0 Å². The third-order valence-electron chi connectivity index (χ3n) is 5.48. The van der Waals surface area contributed by atoms with Crippen LogP contribution in [0.25, 0.3) is 0 Å². The van der Waals surface area contributed by atoms with E-state index in [2.05, 4.69) is 19.9 Å². The number of amides is 1. The van der Waals surface area contributed by atoms with E-state index < -0.39 is 5.60 Å². The maximum atomic E-state index is 13.0. The summed E-state index contributed by atoms with van der Waals surface area (Å²) < 4.78 is 0. The third kappa shape index (κ3) is 4.18. The van der Waals surface area contributed by atoms with E-state index in [9.17, 15) is 9.90 Å². The highest BCUT2D eigenvalue weighted by molar-refractivity contribution is 5.98. The van der Waals surface area contributed by atoms with Crippen LogP contribution in [-0.4, -0.2) is 23.7 Å². The minimum Gasteiger partial charge on any atom is -0.389 e. The molecule has 1 aromatic rings. The molecule has 0 bridgehead atoms. The Morgan fingerprint density at radius 1 is 1.08 bits per heavy atom. The molecule has 0 fully saturated rings. The number of anilines is 1. The molecule has 1 amide bonds. The van der Waals surface area contributed by atoms with Crippen molar-refractivity contribution in [3.8, 4) is 0 Å². The monoisotopic (exact) mass is 331 g/mol. The van der Waals surface area contributed by atoms with Crippen molar-refractivity contribution in [2.24, 2.45) is 5.92 Å². The molecule has 0 spiro atoms. The molecule has 0 radical (unpaired) electrons. The molecule has 3 heteroatoms. The van der Waals surface area contributed by atoms with E-state index in [1.165, 1.54) is 5.56 Å². The molecule has 1 aliphatic rings. The maximum Gasteiger partial charge on any atom is 0.233 e. The number of nitrogens with zero attached hydrogens (tertiary/aromatic N) is 1. The number of hydrogen-bond donors (Lipinski definition) is 1. The first-order chi connectivity index (χ1) is 11.5. The van der Waals surface area contributed by atoms with Gasteiger partial charge in [0.1, 0.15) is 0 Å². The van der Waals surface area contributed by atoms with Gasteiger partial charge in [-0.25, -0.2) is 0 Å². The second-order valence-corrected chi connectivity index (χ2v) is 7.30. The minimum atomic E-state index is -0.872. The number of hydrogen-bond acceptors (Lipinski definition) is 2. The molecular weight excluding hydrogens is 298 g/mol. The number of rotatable bonds is 9. The summed E-state index contributed by atoms with van der Waals surface area (Å²) in [5.41, 5.74) is 1.29. The van der Waals surface area contributed by atoms with Crippen LogP contribution < -0.4 is 4.90 Å². The van der Waals surface area contributed by atoms with Gasteiger partial charge in [-0.1, -0.05) is 70.6 Å². The predicted octanol–water partition coefficient (Wildman–Crippen LogP) is 4.71. The molecule has 0 saturated carbocycles. The molecule has 1 aromatic carbocycles. The van der Waals surface area contributed by atoms with Gasteiger partial charge in [0.25, 0.3) is 0 Å². The SMILES string of the molecule is CCCCCC(O)(CCCCC)C1Cc2ccccc2N(C)C1=O. The molecular formula is C21H33NO2. The van der Waals surface area contributed by atoms with Gasteiger partial charge in [-0.15, -0.1) is 0 Å². The van der Waals surface area contributed by atoms with Crippen molar-refractivity contribution in [3.63, 3.8) is 0 Å². The van der Waals surface area contributed by atoms with Gasteiger partial charge < -0.3 is 10.0 Å². The number of aliphatic hydroxyl groups is 1. The zero-order valence-electron chi connectivity index (χ0n) is 15.6. The zero-order valence-corrected chi connectivity index (χ0v) is 15.6. The molecule has 1 aliphatic heterocycles. The van der Waals surface area contributed by atoms with Crippen LogP contribution >= 0.6 is 0 Å². The normalized spacial score (nSPS) is 17.9. The van der Waals surface area contributed by atoms with Gasteiger partial charge in [0, 0.05) is 12.7 Å². The van der Waals surface area contributed by atoms with Crippen LogP contribution in [0.5, 0.6) is 0 Å². The van der Waals surface area contributed by atoms with Gasteiger partial charge in [0.05, 0.1) is 11.5 Å². The van der Waals surface area contributed by atoms with E-state index in [0.29, 0.717) is 6.42 Å². The first-order valence-electron chi connectivity index (χ1n) is 9.61. The van der Waals surface area contributed by atoms with Crippen LogP contribution in [0.2, 0.25) is 0 Å². The Morgan fingerprint density at radius 3 is 2.25 bits per heavy atom. The zero-order chi connectivity index (χ0) is 17.6. The van der Waals surface area contributed by atoms with Crippen LogP contribution in [-0.2, 0) is 11.2 Å². The largest absolute Gasteiger partial charge is 0.389 e. The Morgan fingerprint density at radius 2 is 1.67 bits per heavy atom. The highest BCUT2D eigenvalue weighted by Crippen LogP contribution is 2.39. The molecule has 2 rings (SSSR count). The Labute approximate surface area is 147 Å². The molecule has 0 aromatic heterocycles. The van der Waals surface area contributed by atoms with Crippen molar-refractivity contribution in [1.82, 2.24) is 0 Å². The minimum absolute atomic E-state index is 0.0733. The standard InChI is InChI=1S/C21H33NO2/c1-4-6-10-14-21(24,15-11-7-5-2)18-16-17-12-8-9-13-19(17)22(3)20(18)23/h8-9,12-13,18,24H,4-7,10-11,14-16H2,1-3H3. The summed E-state index contributed by atoms with van der Waals surface area (Å²) in [6, 6.07) is 8.07. The number of fused-ring (bicyclic) bond motifs is 1. The van der Waals surface area contributed by atoms with Crippen molar-refractivity contribution in [2.75, 3.05) is 11.9 Å². The van der Waals surface area contributed by atoms with Crippen molar-refractivity contribution in [2.45, 2.75) is 77.2 Å². The van der Waals surface area contributed by atoms with Gasteiger partial charge in [-0.05, 0) is 30.9 Å². The number of benzene rings is 1. The van der Waals surface area contributed by atoms with E-state index in [1.807, 2.05) is 25.2 Å². The smallest absolute Gasteiger partial charge is 0.233 e. The van der Waals surface area contributed by atoms with Crippen LogP contribution in [0.15, 0.2) is 24.3 Å². The van der Waals surface area contributed by atoms with Crippen molar-refractivity contribution >= 4 is 11.6 Å². The fourth-order valence-electron chi connectivity index (χ4n) is 3.93. The van der Waals surface area contributed by atoms with E-state index in [0.717, 1.165) is 57.1 Å². The summed E-state index contributed by atoms with van der Waals surface area (Å²) in [6.45, 7) is 4.35. The van der Waals surface area contributed by atoms with Crippen LogP contribution in [0.3, 0.4) is 0 Å². The van der Waals surface area contributed by atoms with Crippen LogP contribution in [0, 0.1) is 5.92 Å². The lowest BCUT2D eigenvalue weighted by atomic mass is 9.73. The summed E-state index contributed by atoms with van der Waals surface area (Å²) in [4.78, 5) is 14.7. The van der Waals surface area contributed by atoms with E-state index in [-0.39, 0.29) is 11.8 Å². The van der Waals surface area contributed by atoms with Crippen molar-refractivity contribution in [1.29, 1.82) is 0 Å². The lowest BCUT2D eigenvalue weighted by Gasteiger charge is -2.41. The molecule has 3 nitrogen and oxygen atoms in total. The van der Waals surface area contributed by atoms with Gasteiger partial charge in [-0.2, -0.15) is 0 Å². The molecule has 24 heavy (non-hydrogen) atoms. The average Bonchev–Trinajstić information content (AvgIpc) is 2.58. The topological polar surface area (TPSA) is 40.5 Å². The number of para-hydroxylation sites is 1. The fraction of sp³-hybridized carbons (Fsp3) is 0.667. The summed E-state index contributed by atoms with van der Waals surface area (Å²) >= 11 is 0. The average molecular weight is 332 g/mol. The van der Waals surface area contributed by atoms with E-state index >= 15 is 0 Å². The van der Waals surface area contributed by atoms with Gasteiger partial charge in [-0.3, -0.25) is 4.79 Å². The Hall–Kier alpha value is -1.35. The number of unbranched alkanes of at least 4 members (excludes halogenated alkanes) is 4. The van der Waals surface area contributed by atoms with Crippen molar-refractivity contribution < 1.29 is 9.90 Å². The summed E-state index contributed by atoms with van der Waals surface area (Å²) in [7, 11) is 1.84. The maximum absolute atomic E-state index is 13.0. The number of carbonyl (C=O) groups excluding carboxylic acids is 1. The van der Waals surface area contributed by atoms with Crippen LogP contribution in [0.1, 0.15) is 70.8 Å². The fourth-order valence-corrected chi connectivity index (χ4v) is 3.93. The molecule has 134 valence electrons. The van der Waals surface area contributed by atoms with Crippen molar-refractivity contribution in [3.05, 3.63) is 29.8 Å². The van der Waals surface area contributed by atoms with E-state index in [1.54, 1.807) is 4.90 Å². The van der Waals surface area contributed by atoms with E-state index in [4.69, 9.17) is 0 Å². The molecule has 1 unspecified atom stereocenters. The molecule has 1 heterocycles. The quantitative estimate of drug-likeness (QED) is 0.666. The predicted molar refractivity (Wildman–Crippen MR) is 100 cm³/mol. The first-order valence-corrected chi connectivity index (χ1v) is 9.61. The lowest BCUT2D eigenvalue weighted by molar-refractivity contribution is -0.134. The molecule has 0 saturated heterocycles. The lowest BCUT2D eigenvalue weighted by Crippen LogP contribution is -2.51. The molecule has 1 N–H and O–H groups in total. The third-order valence-corrected chi connectivity index (χ3v) is 5.48. The number of carbonyl (C=O) groups is 1. The summed E-state index contributed by atoms with van der Waals surface area (Å²) in [5, 5.41) is 11.5. The van der Waals surface area contributed by atoms with Crippen LogP contribution in [0.4, 0.5) is 5.69 Å². The molecule has 0 aliphatic carbocycles. The first kappa shape index (κ1) is 19.0. The second kappa shape index (κ2) is 8.66. The summed E-state index contributed by atoms with van der Waals surface area (Å²) in [5.74, 6) is -0.240. The highest BCUT2D eigenvalue weighted by Gasteiger charge is 2.44. The van der Waals surface area contributed by atoms with Gasteiger partial charge in [0.2, 0.25) is 5.91 Å². The highest BCUT2D eigenvalue weighted by atomic mass is 16.3. The summed E-state index contributed by atoms with van der Waals surface area (Å²) in [6.07, 6.45) is 8.61. The Kier molecular flexibility index (Phi) is 6.85. The Balaban J connectivity index is 2.22. The Bertz CT molecular complexity index is 530. The van der Waals surface area contributed by atoms with Gasteiger partial charge >= 0.3 is 0 Å².